The summed E-state index contributed by atoms with van der Waals surface area (Å²) >= 11 is 0. The molecule has 170 valence electrons. The fourth-order valence-corrected chi connectivity index (χ4v) is 3.92. The van der Waals surface area contributed by atoms with Crippen LogP contribution in [0.4, 0.5) is 4.79 Å². The van der Waals surface area contributed by atoms with Gasteiger partial charge in [-0.05, 0) is 67.3 Å². The molecule has 0 fully saturated rings. The van der Waals surface area contributed by atoms with Gasteiger partial charge in [0.25, 0.3) is 0 Å². The highest BCUT2D eigenvalue weighted by Crippen LogP contribution is 2.28. The average Bonchev–Trinajstić information content (AvgIpc) is 2.77. The van der Waals surface area contributed by atoms with Gasteiger partial charge in [0.1, 0.15) is 11.5 Å². The van der Waals surface area contributed by atoms with Crippen molar-refractivity contribution in [2.45, 2.75) is 97.8 Å². The monoisotopic (exact) mass is 424 g/mol. The first-order valence-corrected chi connectivity index (χ1v) is 12.3. The molecule has 31 heavy (non-hydrogen) atoms. The van der Waals surface area contributed by atoms with Crippen molar-refractivity contribution in [2.24, 2.45) is 0 Å². The van der Waals surface area contributed by atoms with E-state index in [2.05, 4.69) is 26.8 Å². The summed E-state index contributed by atoms with van der Waals surface area (Å²) in [5.41, 5.74) is 3.53. The first kappa shape index (κ1) is 25.0. The Balaban J connectivity index is 2.11. The van der Waals surface area contributed by atoms with E-state index in [-0.39, 0.29) is 0 Å². The van der Waals surface area contributed by atoms with E-state index >= 15 is 0 Å². The molecule has 0 N–H and O–H groups in total. The minimum atomic E-state index is -0.648. The van der Waals surface area contributed by atoms with Crippen LogP contribution in [-0.2, 0) is 19.3 Å². The highest BCUT2D eigenvalue weighted by molar-refractivity contribution is 5.68. The largest absolute Gasteiger partial charge is 0.519 e. The molecule has 0 aliphatic heterocycles. The second-order valence-corrected chi connectivity index (χ2v) is 8.33. The standard InChI is InChI=1S/C28H40O3/c1-4-7-10-16-23-19-15-22-27(25(23)20-12-9-6-3)31-28(29)30-26-21-14-13-18-24(26)17-11-8-5-2/h13-15,18-19,21-22H,4-12,16-17,20H2,1-3H3. The molecule has 0 amide bonds. The lowest BCUT2D eigenvalue weighted by Crippen LogP contribution is -2.16. The predicted octanol–water partition coefficient (Wildman–Crippen LogP) is 8.46. The van der Waals surface area contributed by atoms with E-state index in [9.17, 15) is 4.79 Å². The van der Waals surface area contributed by atoms with Crippen molar-refractivity contribution in [2.75, 3.05) is 0 Å². The molecule has 0 aliphatic carbocycles. The van der Waals surface area contributed by atoms with Crippen molar-refractivity contribution < 1.29 is 14.3 Å². The van der Waals surface area contributed by atoms with Crippen molar-refractivity contribution in [1.82, 2.24) is 0 Å². The molecule has 2 rings (SSSR count). The summed E-state index contributed by atoms with van der Waals surface area (Å²) in [6.07, 6.45) is 12.7. The zero-order valence-electron chi connectivity index (χ0n) is 19.8. The van der Waals surface area contributed by atoms with Crippen molar-refractivity contribution >= 4 is 6.16 Å². The van der Waals surface area contributed by atoms with Crippen LogP contribution in [0.15, 0.2) is 42.5 Å². The second-order valence-electron chi connectivity index (χ2n) is 8.33. The maximum absolute atomic E-state index is 12.7. The van der Waals surface area contributed by atoms with Crippen LogP contribution >= 0.6 is 0 Å². The number of unbranched alkanes of at least 4 members (excludes halogenated alkanes) is 6. The Kier molecular flexibility index (Phi) is 11.8. The second kappa shape index (κ2) is 14.7. The number of ether oxygens (including phenoxy) is 2. The first-order chi connectivity index (χ1) is 15.2. The summed E-state index contributed by atoms with van der Waals surface area (Å²) in [5.74, 6) is 1.26. The zero-order valence-corrected chi connectivity index (χ0v) is 19.8. The van der Waals surface area contributed by atoms with E-state index in [0.29, 0.717) is 11.5 Å². The number of hydrogen-bond donors (Lipinski definition) is 0. The average molecular weight is 425 g/mol. The molecule has 0 saturated carbocycles. The number of carbonyl (C=O) groups excluding carboxylic acids is 1. The minimum absolute atomic E-state index is 0.607. The molecule has 0 heterocycles. The third-order valence-corrected chi connectivity index (χ3v) is 5.72. The molecule has 0 bridgehead atoms. The number of para-hydroxylation sites is 1. The Labute approximate surface area is 189 Å². The van der Waals surface area contributed by atoms with E-state index < -0.39 is 6.16 Å². The third-order valence-electron chi connectivity index (χ3n) is 5.72. The van der Waals surface area contributed by atoms with Crippen molar-refractivity contribution in [3.8, 4) is 11.5 Å². The van der Waals surface area contributed by atoms with Crippen LogP contribution in [0.1, 0.15) is 95.2 Å². The summed E-state index contributed by atoms with van der Waals surface area (Å²) in [5, 5.41) is 0. The van der Waals surface area contributed by atoms with Gasteiger partial charge in [-0.15, -0.1) is 0 Å². The number of rotatable bonds is 14. The maximum Gasteiger partial charge on any atom is 0.519 e. The first-order valence-electron chi connectivity index (χ1n) is 12.3. The molecule has 0 aromatic heterocycles. The lowest BCUT2D eigenvalue weighted by Gasteiger charge is -2.15. The number of hydrogen-bond acceptors (Lipinski definition) is 3. The molecule has 0 aliphatic rings. The molecular formula is C28H40O3. The molecule has 0 saturated heterocycles. The lowest BCUT2D eigenvalue weighted by atomic mass is 9.96. The van der Waals surface area contributed by atoms with Gasteiger partial charge in [0, 0.05) is 0 Å². The highest BCUT2D eigenvalue weighted by atomic mass is 16.7. The number of aryl methyl sites for hydroxylation is 2. The van der Waals surface area contributed by atoms with Gasteiger partial charge >= 0.3 is 6.16 Å². The molecule has 3 nitrogen and oxygen atoms in total. The smallest absolute Gasteiger partial charge is 0.394 e. The van der Waals surface area contributed by atoms with Crippen LogP contribution < -0.4 is 9.47 Å². The molecular weight excluding hydrogens is 384 g/mol. The summed E-state index contributed by atoms with van der Waals surface area (Å²) in [7, 11) is 0. The van der Waals surface area contributed by atoms with Crippen molar-refractivity contribution in [3.05, 3.63) is 59.2 Å². The van der Waals surface area contributed by atoms with Crippen molar-refractivity contribution in [1.29, 1.82) is 0 Å². The molecule has 0 unspecified atom stereocenters. The van der Waals surface area contributed by atoms with Crippen LogP contribution in [0.5, 0.6) is 11.5 Å². The quantitative estimate of drug-likeness (QED) is 0.173. The Morgan fingerprint density at radius 1 is 0.613 bits per heavy atom. The topological polar surface area (TPSA) is 35.5 Å². The molecule has 3 heteroatoms. The normalized spacial score (nSPS) is 10.8. The van der Waals surface area contributed by atoms with Gasteiger partial charge in [-0.25, -0.2) is 4.79 Å². The summed E-state index contributed by atoms with van der Waals surface area (Å²) in [4.78, 5) is 12.7. The molecule has 2 aromatic rings. The zero-order chi connectivity index (χ0) is 22.3. The Bertz CT molecular complexity index is 782. The van der Waals surface area contributed by atoms with Gasteiger partial charge in [-0.3, -0.25) is 0 Å². The van der Waals surface area contributed by atoms with E-state index in [1.807, 2.05) is 36.4 Å². The SMILES string of the molecule is CCCCCc1ccccc1OC(=O)Oc1cccc(CCCCC)c1CCCCC. The third kappa shape index (κ3) is 8.77. The van der Waals surface area contributed by atoms with Crippen LogP contribution in [0.25, 0.3) is 0 Å². The molecule has 0 radical (unpaired) electrons. The van der Waals surface area contributed by atoms with E-state index in [0.717, 1.165) is 44.1 Å². The van der Waals surface area contributed by atoms with Crippen LogP contribution in [0.3, 0.4) is 0 Å². The van der Waals surface area contributed by atoms with Crippen molar-refractivity contribution in [3.63, 3.8) is 0 Å². The Morgan fingerprint density at radius 2 is 1.13 bits per heavy atom. The van der Waals surface area contributed by atoms with Crippen LogP contribution in [0.2, 0.25) is 0 Å². The molecule has 0 atom stereocenters. The number of carbonyl (C=O) groups is 1. The van der Waals surface area contributed by atoms with E-state index in [4.69, 9.17) is 9.47 Å². The highest BCUT2D eigenvalue weighted by Gasteiger charge is 2.16. The fraction of sp³-hybridized carbons (Fsp3) is 0.536. The van der Waals surface area contributed by atoms with Gasteiger partial charge in [-0.2, -0.15) is 0 Å². The van der Waals surface area contributed by atoms with Gasteiger partial charge < -0.3 is 9.47 Å². The van der Waals surface area contributed by atoms with E-state index in [1.54, 1.807) is 0 Å². The van der Waals surface area contributed by atoms with Crippen LogP contribution in [-0.4, -0.2) is 6.16 Å². The predicted molar refractivity (Wildman–Crippen MR) is 129 cm³/mol. The molecule has 2 aromatic carbocycles. The Morgan fingerprint density at radius 3 is 1.81 bits per heavy atom. The van der Waals surface area contributed by atoms with E-state index in [1.165, 1.54) is 49.7 Å². The Hall–Kier alpha value is -2.29. The van der Waals surface area contributed by atoms with Gasteiger partial charge in [0.15, 0.2) is 0 Å². The lowest BCUT2D eigenvalue weighted by molar-refractivity contribution is 0.151. The number of benzene rings is 2. The fourth-order valence-electron chi connectivity index (χ4n) is 3.92. The van der Waals surface area contributed by atoms with Crippen LogP contribution in [0, 0.1) is 0 Å². The minimum Gasteiger partial charge on any atom is -0.394 e. The summed E-state index contributed by atoms with van der Waals surface area (Å²) in [6, 6.07) is 13.8. The van der Waals surface area contributed by atoms with Gasteiger partial charge in [-0.1, -0.05) is 89.6 Å². The summed E-state index contributed by atoms with van der Waals surface area (Å²) in [6.45, 7) is 6.62. The molecule has 0 spiro atoms. The summed E-state index contributed by atoms with van der Waals surface area (Å²) < 4.78 is 11.4. The van der Waals surface area contributed by atoms with Gasteiger partial charge in [0.2, 0.25) is 0 Å². The maximum atomic E-state index is 12.7. The van der Waals surface area contributed by atoms with Gasteiger partial charge in [0.05, 0.1) is 0 Å².